The zero-order valence-electron chi connectivity index (χ0n) is 15.6. The Balaban J connectivity index is 1.43. The number of ether oxygens (including phenoxy) is 1. The average Bonchev–Trinajstić information content (AvgIpc) is 3.28. The summed E-state index contributed by atoms with van der Waals surface area (Å²) in [5, 5.41) is 9.25. The number of carbonyl (C=O) groups excluding carboxylic acids is 1. The minimum Gasteiger partial charge on any atom is -0.492 e. The molecule has 0 saturated heterocycles. The van der Waals surface area contributed by atoms with Gasteiger partial charge in [-0.25, -0.2) is 4.68 Å². The summed E-state index contributed by atoms with van der Waals surface area (Å²) >= 11 is 1.67. The second-order valence-corrected chi connectivity index (χ2v) is 7.44. The molecule has 0 aliphatic rings. The van der Waals surface area contributed by atoms with Gasteiger partial charge in [-0.2, -0.15) is 5.10 Å². The number of amides is 1. The van der Waals surface area contributed by atoms with Crippen molar-refractivity contribution in [2.45, 2.75) is 13.5 Å². The van der Waals surface area contributed by atoms with Crippen LogP contribution in [0.5, 0.6) is 5.75 Å². The SMILES string of the molecule is Cc1cccc(OCCN(C)CC(=O)Nc2ccnn2Cc2cccs2)c1. The molecule has 0 atom stereocenters. The molecule has 1 aromatic carbocycles. The maximum atomic E-state index is 12.3. The highest BCUT2D eigenvalue weighted by Crippen LogP contribution is 2.14. The van der Waals surface area contributed by atoms with E-state index < -0.39 is 0 Å². The van der Waals surface area contributed by atoms with Crippen molar-refractivity contribution >= 4 is 23.1 Å². The first kappa shape index (κ1) is 19.1. The van der Waals surface area contributed by atoms with Crippen molar-refractivity contribution < 1.29 is 9.53 Å². The molecule has 7 heteroatoms. The maximum Gasteiger partial charge on any atom is 0.239 e. The van der Waals surface area contributed by atoms with Gasteiger partial charge in [0.15, 0.2) is 0 Å². The molecule has 0 fully saturated rings. The van der Waals surface area contributed by atoms with Crippen molar-refractivity contribution in [3.63, 3.8) is 0 Å². The van der Waals surface area contributed by atoms with E-state index in [9.17, 15) is 4.79 Å². The van der Waals surface area contributed by atoms with Crippen molar-refractivity contribution in [3.8, 4) is 5.75 Å². The molecule has 0 spiro atoms. The van der Waals surface area contributed by atoms with E-state index in [-0.39, 0.29) is 5.91 Å². The largest absolute Gasteiger partial charge is 0.492 e. The number of likely N-dealkylation sites (N-methyl/N-ethyl adjacent to an activating group) is 1. The highest BCUT2D eigenvalue weighted by Gasteiger charge is 2.11. The summed E-state index contributed by atoms with van der Waals surface area (Å²) < 4.78 is 7.53. The van der Waals surface area contributed by atoms with Crippen molar-refractivity contribution in [2.75, 3.05) is 32.1 Å². The minimum absolute atomic E-state index is 0.0685. The second-order valence-electron chi connectivity index (χ2n) is 6.40. The van der Waals surface area contributed by atoms with E-state index in [1.807, 2.05) is 60.6 Å². The Morgan fingerprint density at radius 2 is 2.19 bits per heavy atom. The van der Waals surface area contributed by atoms with Crippen LogP contribution >= 0.6 is 11.3 Å². The first-order valence-electron chi connectivity index (χ1n) is 8.82. The fraction of sp³-hybridized carbons (Fsp3) is 0.300. The van der Waals surface area contributed by atoms with E-state index in [0.29, 0.717) is 32.1 Å². The fourth-order valence-corrected chi connectivity index (χ4v) is 3.33. The summed E-state index contributed by atoms with van der Waals surface area (Å²) in [6.07, 6.45) is 1.70. The number of rotatable bonds is 9. The molecule has 0 aliphatic carbocycles. The van der Waals surface area contributed by atoms with Gasteiger partial charge in [0.1, 0.15) is 18.2 Å². The second kappa shape index (κ2) is 9.34. The molecule has 2 heterocycles. The number of nitrogens with zero attached hydrogens (tertiary/aromatic N) is 3. The molecular formula is C20H24N4O2S. The van der Waals surface area contributed by atoms with E-state index in [0.717, 1.165) is 5.75 Å². The van der Waals surface area contributed by atoms with Crippen LogP contribution in [0.4, 0.5) is 5.82 Å². The normalized spacial score (nSPS) is 10.9. The Morgan fingerprint density at radius 3 is 2.96 bits per heavy atom. The Kier molecular flexibility index (Phi) is 6.62. The number of nitrogens with one attached hydrogen (secondary N) is 1. The molecule has 1 amide bonds. The van der Waals surface area contributed by atoms with Gasteiger partial charge < -0.3 is 10.1 Å². The molecule has 2 aromatic heterocycles. The number of carbonyl (C=O) groups is 1. The third kappa shape index (κ3) is 5.94. The number of aromatic nitrogens is 2. The van der Waals surface area contributed by atoms with Crippen LogP contribution in [-0.4, -0.2) is 47.3 Å². The first-order valence-corrected chi connectivity index (χ1v) is 9.70. The number of hydrogen-bond donors (Lipinski definition) is 1. The fourth-order valence-electron chi connectivity index (χ4n) is 2.65. The smallest absolute Gasteiger partial charge is 0.239 e. The van der Waals surface area contributed by atoms with E-state index in [2.05, 4.69) is 16.5 Å². The number of thiophene rings is 1. The lowest BCUT2D eigenvalue weighted by molar-refractivity contribution is -0.117. The molecule has 0 radical (unpaired) electrons. The van der Waals surface area contributed by atoms with Crippen LogP contribution in [0, 0.1) is 6.92 Å². The lowest BCUT2D eigenvalue weighted by Gasteiger charge is -2.17. The van der Waals surface area contributed by atoms with Crippen LogP contribution in [0.3, 0.4) is 0 Å². The third-order valence-electron chi connectivity index (χ3n) is 4.01. The van der Waals surface area contributed by atoms with Gasteiger partial charge in [0.2, 0.25) is 5.91 Å². The Hall–Kier alpha value is -2.64. The summed E-state index contributed by atoms with van der Waals surface area (Å²) in [6, 6.07) is 13.8. The quantitative estimate of drug-likeness (QED) is 0.615. The summed E-state index contributed by atoms with van der Waals surface area (Å²) in [6.45, 7) is 4.17. The minimum atomic E-state index is -0.0685. The molecule has 142 valence electrons. The molecule has 27 heavy (non-hydrogen) atoms. The zero-order chi connectivity index (χ0) is 19.1. The number of benzene rings is 1. The summed E-state index contributed by atoms with van der Waals surface area (Å²) in [5.41, 5.74) is 1.17. The molecule has 1 N–H and O–H groups in total. The molecule has 3 aromatic rings. The van der Waals surface area contributed by atoms with Crippen molar-refractivity contribution in [1.29, 1.82) is 0 Å². The number of hydrogen-bond acceptors (Lipinski definition) is 5. The summed E-state index contributed by atoms with van der Waals surface area (Å²) in [7, 11) is 1.90. The number of anilines is 1. The van der Waals surface area contributed by atoms with Gasteiger partial charge in [-0.3, -0.25) is 9.69 Å². The van der Waals surface area contributed by atoms with Crippen molar-refractivity contribution in [3.05, 3.63) is 64.5 Å². The molecule has 0 saturated carbocycles. The van der Waals surface area contributed by atoms with Gasteiger partial charge in [0.05, 0.1) is 19.3 Å². The van der Waals surface area contributed by atoms with Crippen LogP contribution < -0.4 is 10.1 Å². The van der Waals surface area contributed by atoms with Crippen LogP contribution in [0.15, 0.2) is 54.0 Å². The van der Waals surface area contributed by atoms with Crippen molar-refractivity contribution in [2.24, 2.45) is 0 Å². The first-order chi connectivity index (χ1) is 13.1. The highest BCUT2D eigenvalue weighted by molar-refractivity contribution is 7.09. The summed E-state index contributed by atoms with van der Waals surface area (Å²) in [4.78, 5) is 15.5. The lowest BCUT2D eigenvalue weighted by Crippen LogP contribution is -2.33. The molecule has 6 nitrogen and oxygen atoms in total. The zero-order valence-corrected chi connectivity index (χ0v) is 16.4. The molecule has 0 bridgehead atoms. The lowest BCUT2D eigenvalue weighted by atomic mass is 10.2. The van der Waals surface area contributed by atoms with Crippen LogP contribution in [0.2, 0.25) is 0 Å². The predicted octanol–water partition coefficient (Wildman–Crippen LogP) is 3.25. The molecular weight excluding hydrogens is 360 g/mol. The molecule has 3 rings (SSSR count). The molecule has 0 aliphatic heterocycles. The Morgan fingerprint density at radius 1 is 1.30 bits per heavy atom. The average molecular weight is 385 g/mol. The van der Waals surface area contributed by atoms with Gasteiger partial charge in [-0.15, -0.1) is 11.3 Å². The maximum absolute atomic E-state index is 12.3. The van der Waals surface area contributed by atoms with E-state index in [1.54, 1.807) is 22.2 Å². The van der Waals surface area contributed by atoms with Crippen LogP contribution in [0.25, 0.3) is 0 Å². The van der Waals surface area contributed by atoms with E-state index >= 15 is 0 Å². The van der Waals surface area contributed by atoms with Gasteiger partial charge >= 0.3 is 0 Å². The van der Waals surface area contributed by atoms with E-state index in [1.165, 1.54) is 10.4 Å². The van der Waals surface area contributed by atoms with E-state index in [4.69, 9.17) is 4.74 Å². The van der Waals surface area contributed by atoms with Gasteiger partial charge in [0, 0.05) is 17.5 Å². The number of aryl methyl sites for hydroxylation is 1. The third-order valence-corrected chi connectivity index (χ3v) is 4.88. The Bertz CT molecular complexity index is 861. The van der Waals surface area contributed by atoms with Gasteiger partial charge in [-0.05, 0) is 43.1 Å². The molecule has 0 unspecified atom stereocenters. The predicted molar refractivity (Wildman–Crippen MR) is 108 cm³/mol. The van der Waals surface area contributed by atoms with Gasteiger partial charge in [-0.1, -0.05) is 18.2 Å². The highest BCUT2D eigenvalue weighted by atomic mass is 32.1. The summed E-state index contributed by atoms with van der Waals surface area (Å²) in [5.74, 6) is 1.49. The monoisotopic (exact) mass is 384 g/mol. The topological polar surface area (TPSA) is 59.4 Å². The van der Waals surface area contributed by atoms with Crippen molar-refractivity contribution in [1.82, 2.24) is 14.7 Å². The van der Waals surface area contributed by atoms with Crippen LogP contribution in [-0.2, 0) is 11.3 Å². The van der Waals surface area contributed by atoms with Crippen LogP contribution in [0.1, 0.15) is 10.4 Å². The van der Waals surface area contributed by atoms with Gasteiger partial charge in [0.25, 0.3) is 0 Å². The Labute approximate surface area is 163 Å². The standard InChI is InChI=1S/C20H24N4O2S/c1-16-5-3-6-17(13-16)26-11-10-23(2)15-20(25)22-19-8-9-21-24(19)14-18-7-4-12-27-18/h3-9,12-13H,10-11,14-15H2,1-2H3,(H,22,25).